The molecule has 84 valence electrons. The topological polar surface area (TPSA) is 57.6 Å². The molecule has 4 nitrogen and oxygen atoms in total. The Morgan fingerprint density at radius 1 is 1.50 bits per heavy atom. The number of carbonyl (C=O) groups is 2. The molecule has 2 rings (SSSR count). The summed E-state index contributed by atoms with van der Waals surface area (Å²) in [5, 5.41) is 8.87. The maximum atomic E-state index is 11.9. The number of carboxylic acids is 1. The van der Waals surface area contributed by atoms with E-state index in [1.54, 1.807) is 24.1 Å². The number of aromatic carboxylic acids is 1. The SMILES string of the molecule is C[C@@H]1Cc2cc(C(=O)O)ccc2C(=O)N1C. The van der Waals surface area contributed by atoms with Crippen molar-refractivity contribution in [2.75, 3.05) is 7.05 Å². The van der Waals surface area contributed by atoms with E-state index in [2.05, 4.69) is 0 Å². The van der Waals surface area contributed by atoms with Gasteiger partial charge in [0.1, 0.15) is 0 Å². The van der Waals surface area contributed by atoms with Crippen molar-refractivity contribution >= 4 is 11.9 Å². The first kappa shape index (κ1) is 10.7. The normalized spacial score (nSPS) is 19.5. The Hall–Kier alpha value is -1.84. The molecule has 4 heteroatoms. The van der Waals surface area contributed by atoms with Crippen LogP contribution in [0.5, 0.6) is 0 Å². The third kappa shape index (κ3) is 1.56. The van der Waals surface area contributed by atoms with Gasteiger partial charge in [-0.05, 0) is 37.1 Å². The number of rotatable bonds is 1. The number of fused-ring (bicyclic) bond motifs is 1. The predicted octanol–water partition coefficient (Wildman–Crippen LogP) is 1.40. The van der Waals surface area contributed by atoms with Gasteiger partial charge in [-0.2, -0.15) is 0 Å². The lowest BCUT2D eigenvalue weighted by atomic mass is 9.93. The van der Waals surface area contributed by atoms with Gasteiger partial charge >= 0.3 is 5.97 Å². The fraction of sp³-hybridized carbons (Fsp3) is 0.333. The maximum Gasteiger partial charge on any atom is 0.335 e. The third-order valence-corrected chi connectivity index (χ3v) is 3.08. The van der Waals surface area contributed by atoms with Crippen LogP contribution in [0.2, 0.25) is 0 Å². The number of likely N-dealkylation sites (N-methyl/N-ethyl adjacent to an activating group) is 1. The molecule has 0 aromatic heterocycles. The van der Waals surface area contributed by atoms with Crippen molar-refractivity contribution in [3.63, 3.8) is 0 Å². The summed E-state index contributed by atoms with van der Waals surface area (Å²) in [7, 11) is 1.76. The van der Waals surface area contributed by atoms with Crippen molar-refractivity contribution in [2.45, 2.75) is 19.4 Å². The number of carboxylic acid groups (broad SMARTS) is 1. The van der Waals surface area contributed by atoms with Crippen molar-refractivity contribution in [3.05, 3.63) is 34.9 Å². The monoisotopic (exact) mass is 219 g/mol. The van der Waals surface area contributed by atoms with E-state index in [0.29, 0.717) is 12.0 Å². The van der Waals surface area contributed by atoms with Crippen LogP contribution in [-0.4, -0.2) is 35.0 Å². The standard InChI is InChI=1S/C12H13NO3/c1-7-5-9-6-8(12(15)16)3-4-10(9)11(14)13(7)2/h3-4,6-7H,5H2,1-2H3,(H,15,16)/t7-/m1/s1. The van der Waals surface area contributed by atoms with Crippen LogP contribution in [0.25, 0.3) is 0 Å². The highest BCUT2D eigenvalue weighted by molar-refractivity contribution is 5.98. The van der Waals surface area contributed by atoms with E-state index >= 15 is 0 Å². The van der Waals surface area contributed by atoms with Gasteiger partial charge in [0.15, 0.2) is 0 Å². The molecule has 0 spiro atoms. The summed E-state index contributed by atoms with van der Waals surface area (Å²) in [4.78, 5) is 24.4. The van der Waals surface area contributed by atoms with Gasteiger partial charge in [0.25, 0.3) is 5.91 Å². The minimum Gasteiger partial charge on any atom is -0.478 e. The zero-order valence-electron chi connectivity index (χ0n) is 9.23. The number of nitrogens with zero attached hydrogens (tertiary/aromatic N) is 1. The van der Waals surface area contributed by atoms with Crippen LogP contribution in [0.15, 0.2) is 18.2 Å². The fourth-order valence-corrected chi connectivity index (χ4v) is 1.95. The summed E-state index contributed by atoms with van der Waals surface area (Å²) in [5.41, 5.74) is 1.68. The van der Waals surface area contributed by atoms with E-state index in [4.69, 9.17) is 5.11 Å². The van der Waals surface area contributed by atoms with Gasteiger partial charge in [-0.15, -0.1) is 0 Å². The number of hydrogen-bond acceptors (Lipinski definition) is 2. The first-order valence-electron chi connectivity index (χ1n) is 5.14. The zero-order chi connectivity index (χ0) is 11.9. The molecule has 1 N–H and O–H groups in total. The highest BCUT2D eigenvalue weighted by atomic mass is 16.4. The molecule has 1 heterocycles. The lowest BCUT2D eigenvalue weighted by Crippen LogP contribution is -2.41. The Labute approximate surface area is 93.5 Å². The van der Waals surface area contributed by atoms with Gasteiger partial charge in [0.2, 0.25) is 0 Å². The van der Waals surface area contributed by atoms with Gasteiger partial charge < -0.3 is 10.0 Å². The van der Waals surface area contributed by atoms with E-state index in [1.807, 2.05) is 6.92 Å². The molecule has 0 saturated carbocycles. The molecule has 0 unspecified atom stereocenters. The van der Waals surface area contributed by atoms with Crippen LogP contribution < -0.4 is 0 Å². The Morgan fingerprint density at radius 2 is 2.19 bits per heavy atom. The van der Waals surface area contributed by atoms with Crippen LogP contribution in [0.3, 0.4) is 0 Å². The number of benzene rings is 1. The van der Waals surface area contributed by atoms with Crippen LogP contribution in [0.1, 0.15) is 33.2 Å². The van der Waals surface area contributed by atoms with Crippen molar-refractivity contribution < 1.29 is 14.7 Å². The zero-order valence-corrected chi connectivity index (χ0v) is 9.23. The summed E-state index contributed by atoms with van der Waals surface area (Å²) in [6.45, 7) is 1.95. The lowest BCUT2D eigenvalue weighted by molar-refractivity contribution is 0.0687. The molecule has 0 radical (unpaired) electrons. The summed E-state index contributed by atoms with van der Waals surface area (Å²) >= 11 is 0. The highest BCUT2D eigenvalue weighted by Crippen LogP contribution is 2.23. The molecule has 0 bridgehead atoms. The van der Waals surface area contributed by atoms with Crippen LogP contribution in [0, 0.1) is 0 Å². The minimum absolute atomic E-state index is 0.0364. The third-order valence-electron chi connectivity index (χ3n) is 3.08. The average Bonchev–Trinajstić information content (AvgIpc) is 2.25. The molecule has 1 amide bonds. The van der Waals surface area contributed by atoms with E-state index < -0.39 is 5.97 Å². The molecular weight excluding hydrogens is 206 g/mol. The molecule has 1 aromatic rings. The van der Waals surface area contributed by atoms with Gasteiger partial charge in [0.05, 0.1) is 5.56 Å². The van der Waals surface area contributed by atoms with Crippen LogP contribution >= 0.6 is 0 Å². The largest absolute Gasteiger partial charge is 0.478 e. The lowest BCUT2D eigenvalue weighted by Gasteiger charge is -2.31. The van der Waals surface area contributed by atoms with Gasteiger partial charge in [-0.1, -0.05) is 0 Å². The smallest absolute Gasteiger partial charge is 0.335 e. The highest BCUT2D eigenvalue weighted by Gasteiger charge is 2.27. The second kappa shape index (κ2) is 3.63. The summed E-state index contributed by atoms with van der Waals surface area (Å²) in [6, 6.07) is 4.79. The molecule has 0 aliphatic carbocycles. The Balaban J connectivity index is 2.49. The van der Waals surface area contributed by atoms with Gasteiger partial charge in [0, 0.05) is 18.7 Å². The molecule has 1 aromatic carbocycles. The van der Waals surface area contributed by atoms with Crippen molar-refractivity contribution in [3.8, 4) is 0 Å². The average molecular weight is 219 g/mol. The molecule has 16 heavy (non-hydrogen) atoms. The first-order valence-corrected chi connectivity index (χ1v) is 5.14. The maximum absolute atomic E-state index is 11.9. The number of hydrogen-bond donors (Lipinski definition) is 1. The van der Waals surface area contributed by atoms with Gasteiger partial charge in [-0.3, -0.25) is 4.79 Å². The molecule has 0 fully saturated rings. The Bertz CT molecular complexity index is 467. The second-order valence-electron chi connectivity index (χ2n) is 4.15. The van der Waals surface area contributed by atoms with E-state index in [9.17, 15) is 9.59 Å². The van der Waals surface area contributed by atoms with Crippen LogP contribution in [-0.2, 0) is 6.42 Å². The van der Waals surface area contributed by atoms with E-state index in [0.717, 1.165) is 5.56 Å². The summed E-state index contributed by atoms with van der Waals surface area (Å²) in [5.74, 6) is -0.993. The van der Waals surface area contributed by atoms with Crippen molar-refractivity contribution in [2.24, 2.45) is 0 Å². The molecular formula is C12H13NO3. The Kier molecular flexibility index (Phi) is 2.42. The number of carbonyl (C=O) groups excluding carboxylic acids is 1. The van der Waals surface area contributed by atoms with Crippen LogP contribution in [0.4, 0.5) is 0 Å². The van der Waals surface area contributed by atoms with Gasteiger partial charge in [-0.25, -0.2) is 4.79 Å². The predicted molar refractivity (Wildman–Crippen MR) is 58.7 cm³/mol. The molecule has 1 aliphatic rings. The number of amides is 1. The summed E-state index contributed by atoms with van der Waals surface area (Å²) < 4.78 is 0. The first-order chi connectivity index (χ1) is 7.50. The molecule has 1 aliphatic heterocycles. The van der Waals surface area contributed by atoms with Crippen molar-refractivity contribution in [1.82, 2.24) is 4.90 Å². The Morgan fingerprint density at radius 3 is 2.81 bits per heavy atom. The quantitative estimate of drug-likeness (QED) is 0.776. The minimum atomic E-state index is -0.957. The van der Waals surface area contributed by atoms with E-state index in [-0.39, 0.29) is 17.5 Å². The summed E-state index contributed by atoms with van der Waals surface area (Å²) in [6.07, 6.45) is 0.707. The molecule has 0 saturated heterocycles. The van der Waals surface area contributed by atoms with Crippen molar-refractivity contribution in [1.29, 1.82) is 0 Å². The van der Waals surface area contributed by atoms with E-state index in [1.165, 1.54) is 6.07 Å². The second-order valence-corrected chi connectivity index (χ2v) is 4.15. The molecule has 1 atom stereocenters. The fourth-order valence-electron chi connectivity index (χ4n) is 1.95.